The number of allylic oxidation sites excluding steroid dienone is 2. The van der Waals surface area contributed by atoms with Crippen LogP contribution >= 0.6 is 0 Å². The number of esters is 2. The molecular formula is C27H32O7. The third kappa shape index (κ3) is 3.02. The molecule has 34 heavy (non-hydrogen) atoms. The fourth-order valence-electron chi connectivity index (χ4n) is 7.40. The molecule has 182 valence electrons. The topological polar surface area (TPSA) is 92.0 Å². The monoisotopic (exact) mass is 468 g/mol. The van der Waals surface area contributed by atoms with Crippen molar-refractivity contribution < 1.29 is 33.0 Å². The molecule has 8 atom stereocenters. The molecule has 7 nitrogen and oxygen atoms in total. The van der Waals surface area contributed by atoms with E-state index in [4.69, 9.17) is 18.6 Å². The lowest BCUT2D eigenvalue weighted by Crippen LogP contribution is -2.64. The van der Waals surface area contributed by atoms with Crippen LogP contribution in [0.3, 0.4) is 0 Å². The highest BCUT2D eigenvalue weighted by molar-refractivity contribution is 5.96. The predicted molar refractivity (Wildman–Crippen MR) is 122 cm³/mol. The minimum atomic E-state index is -0.954. The van der Waals surface area contributed by atoms with E-state index in [1.165, 1.54) is 18.8 Å². The smallest absolute Gasteiger partial charge is 0.310 e. The molecule has 0 N–H and O–H groups in total. The van der Waals surface area contributed by atoms with Gasteiger partial charge in [0.15, 0.2) is 5.78 Å². The number of rotatable bonds is 3. The van der Waals surface area contributed by atoms with Crippen LogP contribution in [-0.4, -0.2) is 43.1 Å². The minimum Gasteiger partial charge on any atom is -0.472 e. The van der Waals surface area contributed by atoms with Crippen LogP contribution in [0.5, 0.6) is 0 Å². The second-order valence-electron chi connectivity index (χ2n) is 10.6. The zero-order chi connectivity index (χ0) is 24.4. The second-order valence-corrected chi connectivity index (χ2v) is 10.6. The van der Waals surface area contributed by atoms with Gasteiger partial charge in [-0.2, -0.15) is 0 Å². The van der Waals surface area contributed by atoms with Crippen molar-refractivity contribution in [1.82, 2.24) is 0 Å². The molecule has 0 radical (unpaired) electrons. The summed E-state index contributed by atoms with van der Waals surface area (Å²) in [5, 5.41) is 0. The first-order valence-electron chi connectivity index (χ1n) is 12.0. The number of carbonyl (C=O) groups is 3. The van der Waals surface area contributed by atoms with Gasteiger partial charge in [0.2, 0.25) is 0 Å². The van der Waals surface area contributed by atoms with E-state index in [0.717, 1.165) is 17.6 Å². The number of carbonyl (C=O) groups excluding carboxylic acids is 3. The predicted octanol–water partition coefficient (Wildman–Crippen LogP) is 4.13. The second kappa shape index (κ2) is 7.94. The van der Waals surface area contributed by atoms with Crippen LogP contribution in [0.15, 0.2) is 46.3 Å². The van der Waals surface area contributed by atoms with Crippen molar-refractivity contribution in [2.75, 3.05) is 7.11 Å². The lowest BCUT2D eigenvalue weighted by molar-refractivity contribution is -0.205. The van der Waals surface area contributed by atoms with Crippen LogP contribution in [0.4, 0.5) is 0 Å². The molecule has 0 spiro atoms. The molecule has 1 saturated heterocycles. The van der Waals surface area contributed by atoms with Gasteiger partial charge in [0, 0.05) is 22.7 Å². The number of ether oxygens (including phenoxy) is 3. The summed E-state index contributed by atoms with van der Waals surface area (Å²) in [5.41, 5.74) is 1.73. The first-order chi connectivity index (χ1) is 16.1. The zero-order valence-electron chi connectivity index (χ0n) is 20.3. The SMILES string of the molecule is COC(=O)C[C@H]1[C@]2(C)C3=C(C)[C@H](c4ccoc4)C[C@H]3O[C@@H]2[C@@H]2OC(=O)C/C=C\C(=O)[C@@]1(C)[C@@H]2C. The Labute approximate surface area is 199 Å². The van der Waals surface area contributed by atoms with E-state index in [-0.39, 0.29) is 48.5 Å². The molecule has 7 heteroatoms. The number of furan rings is 1. The van der Waals surface area contributed by atoms with E-state index in [9.17, 15) is 14.4 Å². The Morgan fingerprint density at radius 3 is 2.68 bits per heavy atom. The molecule has 0 amide bonds. The highest BCUT2D eigenvalue weighted by Gasteiger charge is 2.70. The number of ketones is 1. The molecule has 0 aromatic carbocycles. The van der Waals surface area contributed by atoms with Crippen molar-refractivity contribution in [3.05, 3.63) is 47.5 Å². The Hall–Kier alpha value is -2.67. The molecule has 5 rings (SSSR count). The lowest BCUT2D eigenvalue weighted by atomic mass is 9.46. The first-order valence-corrected chi connectivity index (χ1v) is 12.0. The minimum absolute atomic E-state index is 0.0316. The fraction of sp³-hybridized carbons (Fsp3) is 0.593. The van der Waals surface area contributed by atoms with Gasteiger partial charge in [-0.3, -0.25) is 14.4 Å². The van der Waals surface area contributed by atoms with Gasteiger partial charge in [0.05, 0.1) is 38.6 Å². The maximum Gasteiger partial charge on any atom is 0.310 e. The Morgan fingerprint density at radius 2 is 2.00 bits per heavy atom. The summed E-state index contributed by atoms with van der Waals surface area (Å²) in [6.07, 6.45) is 6.10. The highest BCUT2D eigenvalue weighted by Crippen LogP contribution is 2.67. The Balaban J connectivity index is 1.72. The molecule has 1 saturated carbocycles. The van der Waals surface area contributed by atoms with E-state index in [0.29, 0.717) is 0 Å². The van der Waals surface area contributed by atoms with Crippen molar-refractivity contribution in [2.45, 2.75) is 71.2 Å². The molecule has 3 heterocycles. The van der Waals surface area contributed by atoms with Gasteiger partial charge in [0.25, 0.3) is 0 Å². The quantitative estimate of drug-likeness (QED) is 0.486. The van der Waals surface area contributed by atoms with Gasteiger partial charge in [-0.1, -0.05) is 32.4 Å². The van der Waals surface area contributed by atoms with Gasteiger partial charge in [0.1, 0.15) is 12.2 Å². The lowest BCUT2D eigenvalue weighted by Gasteiger charge is -2.57. The average Bonchev–Trinajstić information content (AvgIpc) is 3.51. The van der Waals surface area contributed by atoms with Gasteiger partial charge in [-0.15, -0.1) is 0 Å². The fourth-order valence-corrected chi connectivity index (χ4v) is 7.40. The standard InChI is InChI=1S/C27H32O7/c1-14-17(16-9-10-32-13-16)11-18-23(14)27(4)19(12-22(30)31-5)26(3)15(2)24(25(27)33-18)34-21(29)8-6-7-20(26)28/h6-7,9-10,13,15,17-19,24-25H,8,11-12H2,1-5H3/b7-6-/t15-,17-,18-,19-,24-,25-,26+,27-/m1/s1. The molecule has 2 fully saturated rings. The molecule has 1 aromatic rings. The summed E-state index contributed by atoms with van der Waals surface area (Å²) in [6.45, 7) is 8.04. The summed E-state index contributed by atoms with van der Waals surface area (Å²) in [7, 11) is 1.37. The van der Waals surface area contributed by atoms with Crippen molar-refractivity contribution in [2.24, 2.45) is 22.7 Å². The summed E-state index contributed by atoms with van der Waals surface area (Å²) in [5.74, 6) is -1.44. The van der Waals surface area contributed by atoms with Crippen molar-refractivity contribution in [3.63, 3.8) is 0 Å². The third-order valence-corrected chi connectivity index (χ3v) is 9.28. The van der Waals surface area contributed by atoms with E-state index in [2.05, 4.69) is 13.8 Å². The van der Waals surface area contributed by atoms with E-state index < -0.39 is 29.0 Å². The maximum atomic E-state index is 13.7. The number of methoxy groups -OCH3 is 1. The third-order valence-electron chi connectivity index (χ3n) is 9.28. The Bertz CT molecular complexity index is 1080. The summed E-state index contributed by atoms with van der Waals surface area (Å²) in [4.78, 5) is 39.1. The molecule has 2 bridgehead atoms. The number of hydrogen-bond acceptors (Lipinski definition) is 7. The Kier molecular flexibility index (Phi) is 5.39. The number of hydrogen-bond donors (Lipinski definition) is 0. The normalized spacial score (nSPS) is 42.3. The van der Waals surface area contributed by atoms with E-state index in [1.807, 2.05) is 19.9 Å². The van der Waals surface area contributed by atoms with Crippen LogP contribution < -0.4 is 0 Å². The van der Waals surface area contributed by atoms with Gasteiger partial charge >= 0.3 is 11.9 Å². The van der Waals surface area contributed by atoms with Crippen molar-refractivity contribution in [3.8, 4) is 0 Å². The zero-order valence-corrected chi connectivity index (χ0v) is 20.3. The van der Waals surface area contributed by atoms with E-state index in [1.54, 1.807) is 18.6 Å². The molecule has 1 aromatic heterocycles. The summed E-state index contributed by atoms with van der Waals surface area (Å²) < 4.78 is 23.2. The molecule has 2 aliphatic carbocycles. The highest BCUT2D eigenvalue weighted by atomic mass is 16.6. The van der Waals surface area contributed by atoms with E-state index >= 15 is 0 Å². The number of fused-ring (bicyclic) bond motifs is 6. The molecule has 4 aliphatic rings. The molecule has 0 unspecified atom stereocenters. The van der Waals surface area contributed by atoms with Crippen LogP contribution in [0.2, 0.25) is 0 Å². The van der Waals surface area contributed by atoms with Crippen molar-refractivity contribution >= 4 is 17.7 Å². The molecule has 2 aliphatic heterocycles. The van der Waals surface area contributed by atoms with Gasteiger partial charge < -0.3 is 18.6 Å². The molecular weight excluding hydrogens is 436 g/mol. The van der Waals surface area contributed by atoms with Crippen molar-refractivity contribution in [1.29, 1.82) is 0 Å². The maximum absolute atomic E-state index is 13.7. The first kappa shape index (κ1) is 23.1. The van der Waals surface area contributed by atoms with Crippen LogP contribution in [0, 0.1) is 22.7 Å². The average molecular weight is 469 g/mol. The van der Waals surface area contributed by atoms with Gasteiger partial charge in [-0.25, -0.2) is 0 Å². The van der Waals surface area contributed by atoms with Crippen LogP contribution in [0.25, 0.3) is 0 Å². The Morgan fingerprint density at radius 1 is 1.24 bits per heavy atom. The summed E-state index contributed by atoms with van der Waals surface area (Å²) >= 11 is 0. The van der Waals surface area contributed by atoms with Gasteiger partial charge in [-0.05, 0) is 42.5 Å². The van der Waals surface area contributed by atoms with Crippen LogP contribution in [-0.2, 0) is 28.6 Å². The van der Waals surface area contributed by atoms with Crippen LogP contribution in [0.1, 0.15) is 58.4 Å². The summed E-state index contributed by atoms with van der Waals surface area (Å²) in [6, 6.07) is 1.97. The largest absolute Gasteiger partial charge is 0.472 e.